The fourth-order valence-electron chi connectivity index (χ4n) is 1.84. The molecular formula is C13H13ClN4O. The van der Waals surface area contributed by atoms with Crippen LogP contribution in [0.1, 0.15) is 12.6 Å². The molecule has 0 atom stereocenters. The van der Waals surface area contributed by atoms with Gasteiger partial charge in [0.1, 0.15) is 12.3 Å². The van der Waals surface area contributed by atoms with Crippen LogP contribution in [0.15, 0.2) is 36.9 Å². The molecule has 0 saturated heterocycles. The van der Waals surface area contributed by atoms with Crippen LogP contribution in [-0.2, 0) is 13.2 Å². The lowest BCUT2D eigenvalue weighted by atomic mass is 10.5. The van der Waals surface area contributed by atoms with Crippen molar-refractivity contribution in [1.82, 2.24) is 19.2 Å². The molecule has 6 heteroatoms. The first kappa shape index (κ1) is 12.0. The normalized spacial score (nSPS) is 11.1. The fraction of sp³-hybridized carbons (Fsp3) is 0.231. The molecule has 5 nitrogen and oxygen atoms in total. The maximum Gasteiger partial charge on any atom is 0.157 e. The lowest BCUT2D eigenvalue weighted by molar-refractivity contribution is 0.301. The summed E-state index contributed by atoms with van der Waals surface area (Å²) in [5.41, 5.74) is 1.71. The Morgan fingerprint density at radius 2 is 2.16 bits per heavy atom. The monoisotopic (exact) mass is 276 g/mol. The van der Waals surface area contributed by atoms with Gasteiger partial charge in [-0.15, -0.1) is 0 Å². The van der Waals surface area contributed by atoms with E-state index in [9.17, 15) is 0 Å². The van der Waals surface area contributed by atoms with Crippen molar-refractivity contribution in [3.8, 4) is 5.75 Å². The predicted octanol–water partition coefficient (Wildman–Crippen LogP) is 2.78. The number of aryl methyl sites for hydroxylation is 1. The zero-order valence-corrected chi connectivity index (χ0v) is 11.2. The summed E-state index contributed by atoms with van der Waals surface area (Å²) in [6.07, 6.45) is 7.30. The average molecular weight is 277 g/mol. The molecule has 3 heterocycles. The molecule has 3 rings (SSSR count). The Morgan fingerprint density at radius 3 is 2.95 bits per heavy atom. The van der Waals surface area contributed by atoms with Crippen LogP contribution in [0, 0.1) is 0 Å². The predicted molar refractivity (Wildman–Crippen MR) is 72.4 cm³/mol. The van der Waals surface area contributed by atoms with Crippen LogP contribution in [0.2, 0.25) is 5.02 Å². The summed E-state index contributed by atoms with van der Waals surface area (Å²) in [4.78, 5) is 4.45. The molecule has 3 aromatic rings. The van der Waals surface area contributed by atoms with E-state index in [1.54, 1.807) is 6.20 Å². The van der Waals surface area contributed by atoms with Crippen LogP contribution in [-0.4, -0.2) is 19.2 Å². The van der Waals surface area contributed by atoms with Crippen molar-refractivity contribution < 1.29 is 4.74 Å². The second kappa shape index (κ2) is 4.93. The minimum atomic E-state index is 0.411. The van der Waals surface area contributed by atoms with Crippen molar-refractivity contribution in [1.29, 1.82) is 0 Å². The second-order valence-corrected chi connectivity index (χ2v) is 4.60. The maximum absolute atomic E-state index is 5.93. The van der Waals surface area contributed by atoms with Crippen LogP contribution >= 0.6 is 11.6 Å². The first-order valence-electron chi connectivity index (χ1n) is 6.03. The van der Waals surface area contributed by atoms with E-state index in [1.165, 1.54) is 0 Å². The Bertz CT molecular complexity index is 704. The zero-order valence-electron chi connectivity index (χ0n) is 10.5. The van der Waals surface area contributed by atoms with E-state index >= 15 is 0 Å². The number of rotatable bonds is 4. The van der Waals surface area contributed by atoms with E-state index in [2.05, 4.69) is 10.1 Å². The number of ether oxygens (including phenoxy) is 1. The number of fused-ring (bicyclic) bond motifs is 1. The lowest BCUT2D eigenvalue weighted by Gasteiger charge is -1.98. The Hall–Kier alpha value is -2.01. The Balaban J connectivity index is 1.74. The molecule has 0 bridgehead atoms. The van der Waals surface area contributed by atoms with Gasteiger partial charge in [-0.3, -0.25) is 4.68 Å². The van der Waals surface area contributed by atoms with Crippen LogP contribution in [0.5, 0.6) is 5.75 Å². The highest BCUT2D eigenvalue weighted by atomic mass is 35.5. The van der Waals surface area contributed by atoms with Gasteiger partial charge in [-0.2, -0.15) is 5.10 Å². The fourth-order valence-corrected chi connectivity index (χ4v) is 2.00. The maximum atomic E-state index is 5.93. The quantitative estimate of drug-likeness (QED) is 0.736. The number of halogens is 1. The minimum absolute atomic E-state index is 0.411. The molecule has 0 aromatic carbocycles. The highest BCUT2D eigenvalue weighted by Gasteiger charge is 2.04. The van der Waals surface area contributed by atoms with Crippen LogP contribution in [0.4, 0.5) is 0 Å². The number of pyridine rings is 1. The van der Waals surface area contributed by atoms with Gasteiger partial charge in [0, 0.05) is 18.9 Å². The number of nitrogens with zero attached hydrogens (tertiary/aromatic N) is 4. The number of hydrogen-bond acceptors (Lipinski definition) is 3. The second-order valence-electron chi connectivity index (χ2n) is 4.17. The van der Waals surface area contributed by atoms with Crippen molar-refractivity contribution in [2.45, 2.75) is 20.1 Å². The third-order valence-electron chi connectivity index (χ3n) is 2.79. The third kappa shape index (κ3) is 2.56. The third-order valence-corrected chi connectivity index (χ3v) is 3.01. The number of aromatic nitrogens is 4. The van der Waals surface area contributed by atoms with Crippen molar-refractivity contribution in [2.24, 2.45) is 0 Å². The molecule has 98 valence electrons. The summed E-state index contributed by atoms with van der Waals surface area (Å²) in [6, 6.07) is 3.70. The van der Waals surface area contributed by atoms with Gasteiger partial charge >= 0.3 is 0 Å². The summed E-state index contributed by atoms with van der Waals surface area (Å²) in [5, 5.41) is 4.83. The smallest absolute Gasteiger partial charge is 0.157 e. The van der Waals surface area contributed by atoms with Crippen molar-refractivity contribution in [3.63, 3.8) is 0 Å². The van der Waals surface area contributed by atoms with Crippen molar-refractivity contribution in [2.75, 3.05) is 0 Å². The first-order chi connectivity index (χ1) is 9.24. The van der Waals surface area contributed by atoms with E-state index < -0.39 is 0 Å². The minimum Gasteiger partial charge on any atom is -0.484 e. The summed E-state index contributed by atoms with van der Waals surface area (Å²) < 4.78 is 9.35. The molecule has 0 spiro atoms. The Morgan fingerprint density at radius 1 is 1.26 bits per heavy atom. The van der Waals surface area contributed by atoms with Gasteiger partial charge in [0.2, 0.25) is 0 Å². The summed E-state index contributed by atoms with van der Waals surface area (Å²) >= 11 is 5.93. The summed E-state index contributed by atoms with van der Waals surface area (Å²) in [7, 11) is 0. The SMILES string of the molecule is CCn1cc(OCc2cn3cc(Cl)ccc3n2)cn1. The van der Waals surface area contributed by atoms with Gasteiger partial charge in [0.05, 0.1) is 23.1 Å². The average Bonchev–Trinajstić information content (AvgIpc) is 3.01. The first-order valence-corrected chi connectivity index (χ1v) is 6.41. The zero-order chi connectivity index (χ0) is 13.2. The van der Waals surface area contributed by atoms with E-state index in [-0.39, 0.29) is 0 Å². The largest absolute Gasteiger partial charge is 0.484 e. The summed E-state index contributed by atoms with van der Waals surface area (Å²) in [6.45, 7) is 3.27. The van der Waals surface area contributed by atoms with Crippen molar-refractivity contribution >= 4 is 17.2 Å². The Labute approximate surface area is 115 Å². The van der Waals surface area contributed by atoms with E-state index in [0.29, 0.717) is 11.6 Å². The van der Waals surface area contributed by atoms with Gasteiger partial charge in [-0.05, 0) is 19.1 Å². The molecule has 0 unspecified atom stereocenters. The number of imidazole rings is 1. The molecule has 19 heavy (non-hydrogen) atoms. The molecule has 0 saturated carbocycles. The van der Waals surface area contributed by atoms with Gasteiger partial charge in [0.15, 0.2) is 5.75 Å². The molecule has 0 aliphatic rings. The number of hydrogen-bond donors (Lipinski definition) is 0. The highest BCUT2D eigenvalue weighted by Crippen LogP contribution is 2.14. The van der Waals surface area contributed by atoms with E-state index in [4.69, 9.17) is 16.3 Å². The standard InChI is InChI=1S/C13H13ClN4O/c1-2-18-8-12(5-15-18)19-9-11-7-17-6-10(14)3-4-13(17)16-11/h3-8H,2,9H2,1H3. The van der Waals surface area contributed by atoms with Gasteiger partial charge in [-0.1, -0.05) is 11.6 Å². The molecule has 0 amide bonds. The topological polar surface area (TPSA) is 44.4 Å². The molecule has 3 aromatic heterocycles. The van der Waals surface area contributed by atoms with Crippen molar-refractivity contribution in [3.05, 3.63) is 47.6 Å². The van der Waals surface area contributed by atoms with Crippen LogP contribution < -0.4 is 4.74 Å². The molecule has 0 aliphatic heterocycles. The van der Waals surface area contributed by atoms with Gasteiger partial charge in [0.25, 0.3) is 0 Å². The molecule has 0 N–H and O–H groups in total. The van der Waals surface area contributed by atoms with Gasteiger partial charge in [-0.25, -0.2) is 4.98 Å². The highest BCUT2D eigenvalue weighted by molar-refractivity contribution is 6.30. The molecule has 0 radical (unpaired) electrons. The van der Waals surface area contributed by atoms with Crippen LogP contribution in [0.3, 0.4) is 0 Å². The van der Waals surface area contributed by atoms with E-state index in [1.807, 2.05) is 46.7 Å². The van der Waals surface area contributed by atoms with Crippen LogP contribution in [0.25, 0.3) is 5.65 Å². The molecular weight excluding hydrogens is 264 g/mol. The lowest BCUT2D eigenvalue weighted by Crippen LogP contribution is -1.95. The molecule has 0 fully saturated rings. The molecule has 0 aliphatic carbocycles. The van der Waals surface area contributed by atoms with Gasteiger partial charge < -0.3 is 9.14 Å². The summed E-state index contributed by atoms with van der Waals surface area (Å²) in [5.74, 6) is 0.747. The Kier molecular flexibility index (Phi) is 3.13. The van der Waals surface area contributed by atoms with E-state index in [0.717, 1.165) is 23.6 Å².